The zero-order valence-electron chi connectivity index (χ0n) is 14.2. The minimum absolute atomic E-state index is 0.370. The number of fused-ring (bicyclic) bond motifs is 1. The summed E-state index contributed by atoms with van der Waals surface area (Å²) in [5.41, 5.74) is 6.59. The van der Waals surface area contributed by atoms with Crippen molar-refractivity contribution in [3.8, 4) is 0 Å². The first-order valence-corrected chi connectivity index (χ1v) is 8.67. The van der Waals surface area contributed by atoms with Gasteiger partial charge in [0.15, 0.2) is 0 Å². The minimum atomic E-state index is 0.370. The van der Waals surface area contributed by atoms with E-state index in [-0.39, 0.29) is 0 Å². The Morgan fingerprint density at radius 2 is 0.955 bits per heavy atom. The molecule has 22 heavy (non-hydrogen) atoms. The Morgan fingerprint density at radius 3 is 1.23 bits per heavy atom. The van der Waals surface area contributed by atoms with Crippen molar-refractivity contribution in [1.29, 1.82) is 0 Å². The second-order valence-corrected chi connectivity index (χ2v) is 7.75. The lowest BCUT2D eigenvalue weighted by atomic mass is 9.26. The summed E-state index contributed by atoms with van der Waals surface area (Å²) in [6.07, 6.45) is 2.69. The van der Waals surface area contributed by atoms with E-state index in [1.54, 1.807) is 11.1 Å². The number of aryl methyl sites for hydroxylation is 2. The van der Waals surface area contributed by atoms with Crippen LogP contribution in [0.5, 0.6) is 0 Å². The van der Waals surface area contributed by atoms with Gasteiger partial charge in [-0.1, -0.05) is 73.5 Å². The molecule has 0 radical (unpaired) electrons. The van der Waals surface area contributed by atoms with E-state index >= 15 is 0 Å². The van der Waals surface area contributed by atoms with E-state index in [0.717, 1.165) is 11.8 Å². The lowest BCUT2D eigenvalue weighted by Gasteiger charge is -2.76. The van der Waals surface area contributed by atoms with Gasteiger partial charge in [-0.05, 0) is 49.7 Å². The van der Waals surface area contributed by atoms with Crippen LogP contribution < -0.4 is 0 Å². The average Bonchev–Trinajstić information content (AvgIpc) is 2.50. The molecule has 4 atom stereocenters. The van der Waals surface area contributed by atoms with Crippen molar-refractivity contribution >= 4 is 0 Å². The van der Waals surface area contributed by atoms with Crippen LogP contribution >= 0.6 is 0 Å². The van der Waals surface area contributed by atoms with Crippen LogP contribution in [0.15, 0.2) is 48.5 Å². The second kappa shape index (κ2) is 4.47. The Hall–Kier alpha value is -1.56. The molecule has 0 heterocycles. The summed E-state index contributed by atoms with van der Waals surface area (Å²) >= 11 is 0. The molecule has 0 saturated heterocycles. The van der Waals surface area contributed by atoms with E-state index in [0.29, 0.717) is 10.8 Å². The van der Waals surface area contributed by atoms with Gasteiger partial charge in [0.2, 0.25) is 0 Å². The van der Waals surface area contributed by atoms with Crippen molar-refractivity contribution in [2.24, 2.45) is 11.8 Å². The van der Waals surface area contributed by atoms with Crippen molar-refractivity contribution in [3.05, 3.63) is 70.8 Å². The summed E-state index contributed by atoms with van der Waals surface area (Å²) in [6, 6.07) is 18.7. The summed E-state index contributed by atoms with van der Waals surface area (Å²) in [7, 11) is 0. The number of rotatable bonds is 2. The van der Waals surface area contributed by atoms with Gasteiger partial charge in [-0.15, -0.1) is 0 Å². The Balaban J connectivity index is 1.84. The van der Waals surface area contributed by atoms with Gasteiger partial charge >= 0.3 is 0 Å². The molecule has 2 aliphatic rings. The van der Waals surface area contributed by atoms with Crippen LogP contribution in [0, 0.1) is 25.7 Å². The molecule has 2 aromatic rings. The number of hydrogen-bond donors (Lipinski definition) is 0. The SMILES string of the molecule is Cc1ccc([C@]23CC[C@@]2(c2ccc(C)cc2)[C@H](C)[C@@H]3C)cc1. The van der Waals surface area contributed by atoms with Crippen molar-refractivity contribution < 1.29 is 0 Å². The fourth-order valence-corrected chi connectivity index (χ4v) is 5.72. The zero-order valence-corrected chi connectivity index (χ0v) is 14.2. The molecule has 0 spiro atoms. The van der Waals surface area contributed by atoms with E-state index in [1.165, 1.54) is 24.0 Å². The predicted molar refractivity (Wildman–Crippen MR) is 93.3 cm³/mol. The molecular formula is C22H26. The molecule has 0 heteroatoms. The molecule has 2 aliphatic carbocycles. The van der Waals surface area contributed by atoms with Crippen LogP contribution in [0.4, 0.5) is 0 Å². The highest BCUT2D eigenvalue weighted by atomic mass is 14.8. The average molecular weight is 290 g/mol. The third kappa shape index (κ3) is 1.44. The quantitative estimate of drug-likeness (QED) is 0.679. The first kappa shape index (κ1) is 14.1. The van der Waals surface area contributed by atoms with E-state index in [9.17, 15) is 0 Å². The monoisotopic (exact) mass is 290 g/mol. The summed E-state index contributed by atoms with van der Waals surface area (Å²) in [5, 5.41) is 0. The van der Waals surface area contributed by atoms with Gasteiger partial charge in [-0.25, -0.2) is 0 Å². The van der Waals surface area contributed by atoms with Crippen LogP contribution in [0.25, 0.3) is 0 Å². The largest absolute Gasteiger partial charge is 0.0613 e. The molecular weight excluding hydrogens is 264 g/mol. The summed E-state index contributed by atoms with van der Waals surface area (Å²) < 4.78 is 0. The number of benzene rings is 2. The van der Waals surface area contributed by atoms with Gasteiger partial charge in [-0.3, -0.25) is 0 Å². The smallest absolute Gasteiger partial charge is 0.00812 e. The van der Waals surface area contributed by atoms with Gasteiger partial charge in [0.25, 0.3) is 0 Å². The van der Waals surface area contributed by atoms with Gasteiger partial charge in [0.05, 0.1) is 0 Å². The third-order valence-electron chi connectivity index (χ3n) is 7.15. The number of hydrogen-bond acceptors (Lipinski definition) is 0. The minimum Gasteiger partial charge on any atom is -0.0613 e. The highest BCUT2D eigenvalue weighted by Crippen LogP contribution is 2.76. The molecule has 0 aromatic heterocycles. The van der Waals surface area contributed by atoms with E-state index < -0.39 is 0 Å². The molecule has 0 bridgehead atoms. The lowest BCUT2D eigenvalue weighted by molar-refractivity contribution is -0.155. The van der Waals surface area contributed by atoms with Crippen LogP contribution in [0.2, 0.25) is 0 Å². The normalized spacial score (nSPS) is 36.2. The Bertz CT molecular complexity index is 630. The maximum atomic E-state index is 2.47. The van der Waals surface area contributed by atoms with Crippen molar-refractivity contribution in [3.63, 3.8) is 0 Å². The molecule has 4 rings (SSSR count). The molecule has 0 N–H and O–H groups in total. The van der Waals surface area contributed by atoms with E-state index in [4.69, 9.17) is 0 Å². The van der Waals surface area contributed by atoms with Gasteiger partial charge in [-0.2, -0.15) is 0 Å². The summed E-state index contributed by atoms with van der Waals surface area (Å²) in [5.74, 6) is 1.54. The Labute approximate surface area is 134 Å². The van der Waals surface area contributed by atoms with Crippen LogP contribution in [-0.4, -0.2) is 0 Å². The van der Waals surface area contributed by atoms with Gasteiger partial charge in [0, 0.05) is 10.8 Å². The fraction of sp³-hybridized carbons (Fsp3) is 0.455. The molecule has 0 nitrogen and oxygen atoms in total. The zero-order chi connectivity index (χ0) is 15.5. The molecule has 2 aromatic carbocycles. The molecule has 2 saturated carbocycles. The first-order valence-electron chi connectivity index (χ1n) is 8.67. The van der Waals surface area contributed by atoms with Crippen molar-refractivity contribution in [2.75, 3.05) is 0 Å². The topological polar surface area (TPSA) is 0 Å². The predicted octanol–water partition coefficient (Wildman–Crippen LogP) is 5.56. The highest BCUT2D eigenvalue weighted by Gasteiger charge is 2.74. The van der Waals surface area contributed by atoms with Crippen LogP contribution in [0.3, 0.4) is 0 Å². The van der Waals surface area contributed by atoms with Crippen LogP contribution in [0.1, 0.15) is 48.9 Å². The summed E-state index contributed by atoms with van der Waals surface area (Å²) in [6.45, 7) is 9.30. The Morgan fingerprint density at radius 1 is 0.636 bits per heavy atom. The molecule has 0 aliphatic heterocycles. The molecule has 0 amide bonds. The fourth-order valence-electron chi connectivity index (χ4n) is 5.72. The van der Waals surface area contributed by atoms with Gasteiger partial charge in [0.1, 0.15) is 0 Å². The van der Waals surface area contributed by atoms with Gasteiger partial charge < -0.3 is 0 Å². The second-order valence-electron chi connectivity index (χ2n) is 7.75. The Kier molecular flexibility index (Phi) is 2.86. The lowest BCUT2D eigenvalue weighted by Crippen LogP contribution is -2.75. The van der Waals surface area contributed by atoms with Crippen LogP contribution in [-0.2, 0) is 10.8 Å². The third-order valence-corrected chi connectivity index (χ3v) is 7.15. The first-order chi connectivity index (χ1) is 10.5. The highest BCUT2D eigenvalue weighted by molar-refractivity contribution is 5.51. The molecule has 0 unspecified atom stereocenters. The summed E-state index contributed by atoms with van der Waals surface area (Å²) in [4.78, 5) is 0. The molecule has 114 valence electrons. The van der Waals surface area contributed by atoms with E-state index in [1.807, 2.05) is 0 Å². The van der Waals surface area contributed by atoms with Crippen molar-refractivity contribution in [1.82, 2.24) is 0 Å². The maximum absolute atomic E-state index is 2.47. The maximum Gasteiger partial charge on any atom is 0.00812 e. The molecule has 2 fully saturated rings. The van der Waals surface area contributed by atoms with E-state index in [2.05, 4.69) is 76.2 Å². The van der Waals surface area contributed by atoms with Crippen molar-refractivity contribution in [2.45, 2.75) is 51.4 Å². The standard InChI is InChI=1S/C22H26/c1-15-5-9-19(10-6-15)21-13-14-22(21,18(4)17(21)3)20-11-7-16(2)8-12-20/h5-12,17-18H,13-14H2,1-4H3/t17-,18+,21+,22-.